The average Bonchev–Trinajstić information content (AvgIpc) is 2.98. The normalized spacial score (nSPS) is 24.3. The van der Waals surface area contributed by atoms with E-state index in [-0.39, 0.29) is 12.2 Å². The molecular formula is C21H25FN2O4. The maximum atomic E-state index is 14.0. The molecule has 3 rings (SSSR count). The molecular weight excluding hydrogens is 363 g/mol. The highest BCUT2D eigenvalue weighted by atomic mass is 19.1. The van der Waals surface area contributed by atoms with Crippen LogP contribution < -0.4 is 10.1 Å². The molecule has 4 atom stereocenters. The molecule has 0 unspecified atom stereocenters. The Morgan fingerprint density at radius 1 is 1.21 bits per heavy atom. The first-order valence-corrected chi connectivity index (χ1v) is 9.27. The summed E-state index contributed by atoms with van der Waals surface area (Å²) in [5.74, 6) is -0.523. The summed E-state index contributed by atoms with van der Waals surface area (Å²) in [5.41, 5.74) is -0.0482. The Labute approximate surface area is 163 Å². The van der Waals surface area contributed by atoms with Crippen LogP contribution in [-0.4, -0.2) is 65.5 Å². The fourth-order valence-corrected chi connectivity index (χ4v) is 3.69. The molecule has 7 heteroatoms. The van der Waals surface area contributed by atoms with Gasteiger partial charge in [-0.15, -0.1) is 0 Å². The molecule has 0 spiro atoms. The summed E-state index contributed by atoms with van der Waals surface area (Å²) >= 11 is 0. The van der Waals surface area contributed by atoms with Gasteiger partial charge in [-0.25, -0.2) is 4.39 Å². The number of para-hydroxylation sites is 1. The van der Waals surface area contributed by atoms with Crippen molar-refractivity contribution in [3.63, 3.8) is 0 Å². The van der Waals surface area contributed by atoms with Crippen molar-refractivity contribution in [3.8, 4) is 5.75 Å². The molecule has 0 bridgehead atoms. The van der Waals surface area contributed by atoms with Crippen molar-refractivity contribution in [2.75, 3.05) is 20.2 Å². The number of nitrogens with one attached hydrogen (secondary N) is 1. The summed E-state index contributed by atoms with van der Waals surface area (Å²) in [5, 5.41) is 22.9. The molecule has 2 aromatic rings. The van der Waals surface area contributed by atoms with Gasteiger partial charge in [0.25, 0.3) is 5.91 Å². The van der Waals surface area contributed by atoms with E-state index in [4.69, 9.17) is 4.74 Å². The summed E-state index contributed by atoms with van der Waals surface area (Å²) in [7, 11) is 1.76. The van der Waals surface area contributed by atoms with E-state index in [1.165, 1.54) is 18.2 Å². The molecule has 0 aromatic heterocycles. The van der Waals surface area contributed by atoms with E-state index in [2.05, 4.69) is 5.32 Å². The smallest absolute Gasteiger partial charge is 0.254 e. The standard InChI is InChI=1S/C21H25FN2O4/c1-24(11-12-25)19-17(23-21(27)15-9-5-6-10-16(15)22)13-18(20(19)26)28-14-7-3-2-4-8-14/h2-10,17-20,25-26H,11-13H2,1H3,(H,23,27)/t17-,18-,19+,20+/m1/s1. The number of benzene rings is 2. The highest BCUT2D eigenvalue weighted by molar-refractivity contribution is 5.94. The largest absolute Gasteiger partial charge is 0.488 e. The van der Waals surface area contributed by atoms with Gasteiger partial charge < -0.3 is 20.3 Å². The molecule has 1 aliphatic carbocycles. The molecule has 0 radical (unpaired) electrons. The van der Waals surface area contributed by atoms with Crippen LogP contribution in [-0.2, 0) is 0 Å². The number of aliphatic hydroxyl groups is 2. The first-order chi connectivity index (χ1) is 13.5. The van der Waals surface area contributed by atoms with Gasteiger partial charge in [-0.1, -0.05) is 30.3 Å². The molecule has 1 saturated carbocycles. The topological polar surface area (TPSA) is 82.0 Å². The number of carbonyl (C=O) groups is 1. The number of nitrogens with zero attached hydrogens (tertiary/aromatic N) is 1. The fraction of sp³-hybridized carbons (Fsp3) is 0.381. The van der Waals surface area contributed by atoms with E-state index in [1.54, 1.807) is 30.1 Å². The van der Waals surface area contributed by atoms with E-state index in [0.717, 1.165) is 0 Å². The minimum Gasteiger partial charge on any atom is -0.488 e. The van der Waals surface area contributed by atoms with Crippen molar-refractivity contribution in [2.24, 2.45) is 0 Å². The number of likely N-dealkylation sites (N-methyl/N-ethyl adjacent to an activating group) is 1. The highest BCUT2D eigenvalue weighted by Crippen LogP contribution is 2.29. The van der Waals surface area contributed by atoms with Gasteiger partial charge in [-0.3, -0.25) is 9.69 Å². The van der Waals surface area contributed by atoms with Crippen LogP contribution in [0.5, 0.6) is 5.75 Å². The van der Waals surface area contributed by atoms with Crippen LogP contribution in [0.15, 0.2) is 54.6 Å². The lowest BCUT2D eigenvalue weighted by Gasteiger charge is -2.31. The van der Waals surface area contributed by atoms with Gasteiger partial charge in [0.05, 0.1) is 24.3 Å². The first-order valence-electron chi connectivity index (χ1n) is 9.27. The Bertz CT molecular complexity index is 789. The maximum absolute atomic E-state index is 14.0. The summed E-state index contributed by atoms with van der Waals surface area (Å²) in [6.07, 6.45) is -1.07. The third-order valence-electron chi connectivity index (χ3n) is 5.06. The van der Waals surface area contributed by atoms with Crippen molar-refractivity contribution in [2.45, 2.75) is 30.7 Å². The molecule has 150 valence electrons. The van der Waals surface area contributed by atoms with Gasteiger partial charge in [-0.05, 0) is 31.3 Å². The second-order valence-electron chi connectivity index (χ2n) is 6.95. The number of hydrogen-bond donors (Lipinski definition) is 3. The monoisotopic (exact) mass is 388 g/mol. The number of amides is 1. The van der Waals surface area contributed by atoms with Gasteiger partial charge in [0.1, 0.15) is 23.8 Å². The molecule has 0 saturated heterocycles. The molecule has 1 fully saturated rings. The van der Waals surface area contributed by atoms with E-state index < -0.39 is 36.0 Å². The fourth-order valence-electron chi connectivity index (χ4n) is 3.69. The number of rotatable bonds is 7. The lowest BCUT2D eigenvalue weighted by molar-refractivity contribution is 0.0110. The number of carbonyl (C=O) groups excluding carboxylic acids is 1. The minimum absolute atomic E-state index is 0.0482. The Morgan fingerprint density at radius 2 is 1.89 bits per heavy atom. The van der Waals surface area contributed by atoms with Crippen molar-refractivity contribution in [3.05, 3.63) is 66.0 Å². The minimum atomic E-state index is -0.886. The molecule has 1 aliphatic rings. The van der Waals surface area contributed by atoms with Crippen molar-refractivity contribution in [1.82, 2.24) is 10.2 Å². The predicted molar refractivity (Wildman–Crippen MR) is 103 cm³/mol. The number of halogens is 1. The van der Waals surface area contributed by atoms with Gasteiger partial charge in [-0.2, -0.15) is 0 Å². The molecule has 0 aliphatic heterocycles. The quantitative estimate of drug-likeness (QED) is 0.669. The molecule has 1 amide bonds. The lowest BCUT2D eigenvalue weighted by atomic mass is 10.1. The van der Waals surface area contributed by atoms with E-state index in [0.29, 0.717) is 18.7 Å². The van der Waals surface area contributed by atoms with Crippen LogP contribution in [0, 0.1) is 5.82 Å². The molecule has 3 N–H and O–H groups in total. The SMILES string of the molecule is CN(CCO)[C@@H]1[C@@H](O)[C@H](Oc2ccccc2)C[C@H]1NC(=O)c1ccccc1F. The average molecular weight is 388 g/mol. The van der Waals surface area contributed by atoms with Crippen LogP contribution in [0.1, 0.15) is 16.8 Å². The predicted octanol–water partition coefficient (Wildman–Crippen LogP) is 1.43. The molecule has 0 heterocycles. The Morgan fingerprint density at radius 3 is 2.57 bits per heavy atom. The van der Waals surface area contributed by atoms with Gasteiger partial charge in [0.2, 0.25) is 0 Å². The van der Waals surface area contributed by atoms with Gasteiger partial charge >= 0.3 is 0 Å². The highest BCUT2D eigenvalue weighted by Gasteiger charge is 2.46. The summed E-state index contributed by atoms with van der Waals surface area (Å²) in [6, 6.07) is 14.0. The summed E-state index contributed by atoms with van der Waals surface area (Å²) in [4.78, 5) is 14.4. The summed E-state index contributed by atoms with van der Waals surface area (Å²) in [6.45, 7) is 0.240. The number of ether oxygens (including phenoxy) is 1. The zero-order chi connectivity index (χ0) is 20.1. The van der Waals surface area contributed by atoms with Crippen molar-refractivity contribution in [1.29, 1.82) is 0 Å². The van der Waals surface area contributed by atoms with E-state index >= 15 is 0 Å². The van der Waals surface area contributed by atoms with Crippen LogP contribution >= 0.6 is 0 Å². The van der Waals surface area contributed by atoms with Crippen LogP contribution in [0.2, 0.25) is 0 Å². The Hall–Kier alpha value is -2.48. The van der Waals surface area contributed by atoms with Crippen molar-refractivity contribution >= 4 is 5.91 Å². The zero-order valence-corrected chi connectivity index (χ0v) is 15.7. The molecule has 6 nitrogen and oxygen atoms in total. The maximum Gasteiger partial charge on any atom is 0.254 e. The van der Waals surface area contributed by atoms with Crippen LogP contribution in [0.4, 0.5) is 4.39 Å². The molecule has 2 aromatic carbocycles. The summed E-state index contributed by atoms with van der Waals surface area (Å²) < 4.78 is 19.9. The van der Waals surface area contributed by atoms with E-state index in [9.17, 15) is 19.4 Å². The second-order valence-corrected chi connectivity index (χ2v) is 6.95. The first kappa shape index (κ1) is 20.3. The van der Waals surface area contributed by atoms with Crippen molar-refractivity contribution < 1.29 is 24.1 Å². The van der Waals surface area contributed by atoms with E-state index in [1.807, 2.05) is 18.2 Å². The second kappa shape index (κ2) is 9.14. The van der Waals surface area contributed by atoms with Gasteiger partial charge in [0, 0.05) is 13.0 Å². The zero-order valence-electron chi connectivity index (χ0n) is 15.7. The van der Waals surface area contributed by atoms with Gasteiger partial charge in [0.15, 0.2) is 0 Å². The van der Waals surface area contributed by atoms with Crippen LogP contribution in [0.25, 0.3) is 0 Å². The number of hydrogen-bond acceptors (Lipinski definition) is 5. The lowest BCUT2D eigenvalue weighted by Crippen LogP contribution is -2.52. The Balaban J connectivity index is 1.78. The third kappa shape index (κ3) is 4.49. The molecule has 28 heavy (non-hydrogen) atoms. The number of aliphatic hydroxyl groups excluding tert-OH is 2. The Kier molecular flexibility index (Phi) is 6.61. The van der Waals surface area contributed by atoms with Crippen LogP contribution in [0.3, 0.4) is 0 Å². The third-order valence-corrected chi connectivity index (χ3v) is 5.06.